The Balaban J connectivity index is 1.74. The zero-order valence-corrected chi connectivity index (χ0v) is 13.6. The molecule has 1 spiro atoms. The summed E-state index contributed by atoms with van der Waals surface area (Å²) < 4.78 is 1.87. The van der Waals surface area contributed by atoms with Crippen LogP contribution in [0.4, 0.5) is 0 Å². The van der Waals surface area contributed by atoms with Gasteiger partial charge in [-0.25, -0.2) is 9.97 Å². The molecule has 1 amide bonds. The molecule has 1 fully saturated rings. The largest absolute Gasteiger partial charge is 0.343 e. The van der Waals surface area contributed by atoms with Gasteiger partial charge in [-0.1, -0.05) is 30.3 Å². The van der Waals surface area contributed by atoms with Crippen molar-refractivity contribution in [1.82, 2.24) is 25.1 Å². The van der Waals surface area contributed by atoms with Gasteiger partial charge in [0, 0.05) is 11.8 Å². The van der Waals surface area contributed by atoms with Gasteiger partial charge in [-0.2, -0.15) is 5.10 Å². The minimum absolute atomic E-state index is 0.0439. The number of amides is 1. The molecule has 1 N–H and O–H groups in total. The second kappa shape index (κ2) is 5.24. The van der Waals surface area contributed by atoms with Gasteiger partial charge in [-0.15, -0.1) is 0 Å². The van der Waals surface area contributed by atoms with Crippen molar-refractivity contribution < 1.29 is 4.79 Å². The highest BCUT2D eigenvalue weighted by Gasteiger charge is 2.45. The summed E-state index contributed by atoms with van der Waals surface area (Å²) in [4.78, 5) is 21.3. The molecule has 1 aliphatic heterocycles. The maximum absolute atomic E-state index is 12.9. The first kappa shape index (κ1) is 14.3. The molecule has 1 aromatic carbocycles. The predicted molar refractivity (Wildman–Crippen MR) is 92.7 cm³/mol. The molecule has 2 aromatic heterocycles. The molecule has 25 heavy (non-hydrogen) atoms. The van der Waals surface area contributed by atoms with E-state index in [9.17, 15) is 4.79 Å². The molecule has 0 saturated heterocycles. The van der Waals surface area contributed by atoms with Gasteiger partial charge in [0.1, 0.15) is 17.7 Å². The van der Waals surface area contributed by atoms with Crippen molar-refractivity contribution in [2.24, 2.45) is 0 Å². The smallest absolute Gasteiger partial charge is 0.270 e. The monoisotopic (exact) mass is 331 g/mol. The minimum Gasteiger partial charge on any atom is -0.343 e. The van der Waals surface area contributed by atoms with Crippen LogP contribution in [0.5, 0.6) is 0 Å². The number of carbonyl (C=O) groups excluding carboxylic acids is 1. The Bertz CT molecular complexity index is 945. The average molecular weight is 331 g/mol. The molecule has 6 nitrogen and oxygen atoms in total. The van der Waals surface area contributed by atoms with Gasteiger partial charge in [-0.05, 0) is 30.9 Å². The molecule has 1 saturated carbocycles. The van der Waals surface area contributed by atoms with Crippen LogP contribution in [0, 0.1) is 0 Å². The van der Waals surface area contributed by atoms with E-state index in [1.54, 1.807) is 6.20 Å². The second-order valence-electron chi connectivity index (χ2n) is 6.78. The number of rotatable bonds is 2. The van der Waals surface area contributed by atoms with Crippen molar-refractivity contribution in [2.45, 2.75) is 31.3 Å². The molecule has 5 rings (SSSR count). The second-order valence-corrected chi connectivity index (χ2v) is 6.78. The van der Waals surface area contributed by atoms with Crippen LogP contribution in [0.2, 0.25) is 0 Å². The van der Waals surface area contributed by atoms with E-state index in [4.69, 9.17) is 5.10 Å². The third kappa shape index (κ3) is 2.17. The van der Waals surface area contributed by atoms with Gasteiger partial charge >= 0.3 is 0 Å². The van der Waals surface area contributed by atoms with Crippen molar-refractivity contribution in [3.05, 3.63) is 54.6 Å². The van der Waals surface area contributed by atoms with Crippen molar-refractivity contribution >= 4 is 5.91 Å². The lowest BCUT2D eigenvalue weighted by molar-refractivity contribution is 0.0703. The average Bonchev–Trinajstić information content (AvgIpc) is 3.02. The van der Waals surface area contributed by atoms with E-state index >= 15 is 0 Å². The Labute approximate surface area is 144 Å². The third-order valence-corrected chi connectivity index (χ3v) is 5.20. The summed E-state index contributed by atoms with van der Waals surface area (Å²) in [6.45, 7) is 0.721. The molecule has 3 aromatic rings. The molecule has 0 radical (unpaired) electrons. The van der Waals surface area contributed by atoms with E-state index in [1.165, 1.54) is 6.33 Å². The van der Waals surface area contributed by atoms with Crippen molar-refractivity contribution in [2.75, 3.05) is 0 Å². The molecule has 0 atom stereocenters. The lowest BCUT2D eigenvalue weighted by Gasteiger charge is -2.45. The minimum atomic E-state index is -0.118. The summed E-state index contributed by atoms with van der Waals surface area (Å²) in [5.74, 6) is -0.0439. The number of nitrogens with one attached hydrogen (secondary N) is 1. The third-order valence-electron chi connectivity index (χ3n) is 5.20. The Hall–Kier alpha value is -3.02. The zero-order valence-electron chi connectivity index (χ0n) is 13.6. The van der Waals surface area contributed by atoms with Crippen LogP contribution < -0.4 is 5.32 Å². The Morgan fingerprint density at radius 2 is 1.96 bits per heavy atom. The first-order valence-corrected chi connectivity index (χ1v) is 8.51. The summed E-state index contributed by atoms with van der Waals surface area (Å²) in [5, 5.41) is 8.02. The number of nitrogens with zero attached hydrogens (tertiary/aromatic N) is 4. The van der Waals surface area contributed by atoms with E-state index in [0.29, 0.717) is 5.69 Å². The summed E-state index contributed by atoms with van der Waals surface area (Å²) in [6.07, 6.45) is 6.39. The first-order chi connectivity index (χ1) is 12.3. The van der Waals surface area contributed by atoms with Crippen LogP contribution in [-0.4, -0.2) is 31.2 Å². The van der Waals surface area contributed by atoms with Crippen molar-refractivity contribution in [3.63, 3.8) is 0 Å². The number of fused-ring (bicyclic) bond motifs is 1. The summed E-state index contributed by atoms with van der Waals surface area (Å²) in [6, 6.07) is 11.7. The molecule has 0 bridgehead atoms. The Kier molecular flexibility index (Phi) is 3.00. The number of benzene rings is 1. The van der Waals surface area contributed by atoms with Crippen LogP contribution in [0.1, 0.15) is 29.8 Å². The highest BCUT2D eigenvalue weighted by Crippen LogP contribution is 2.40. The van der Waals surface area contributed by atoms with Crippen LogP contribution in [-0.2, 0) is 6.54 Å². The zero-order chi connectivity index (χ0) is 16.9. The first-order valence-electron chi connectivity index (χ1n) is 8.51. The lowest BCUT2D eigenvalue weighted by Crippen LogP contribution is -2.59. The summed E-state index contributed by atoms with van der Waals surface area (Å²) >= 11 is 0. The topological polar surface area (TPSA) is 72.7 Å². The van der Waals surface area contributed by atoms with E-state index in [2.05, 4.69) is 15.3 Å². The molecular weight excluding hydrogens is 314 g/mol. The predicted octanol–water partition coefficient (Wildman–Crippen LogP) is 2.67. The van der Waals surface area contributed by atoms with E-state index in [1.807, 2.05) is 41.1 Å². The van der Waals surface area contributed by atoms with E-state index in [0.717, 1.165) is 48.3 Å². The fourth-order valence-electron chi connectivity index (χ4n) is 3.81. The summed E-state index contributed by atoms with van der Waals surface area (Å²) in [7, 11) is 0. The van der Waals surface area contributed by atoms with Gasteiger partial charge in [0.25, 0.3) is 5.91 Å². The standard InChI is InChI=1S/C19H17N5O/c25-18-17-15(13-5-2-1-3-6-13)16(14-7-10-20-12-21-14)23-24(17)11-19(22-18)8-4-9-19/h1-3,5-7,10,12H,4,8-9,11H2,(H,22,25). The number of hydrogen-bond acceptors (Lipinski definition) is 4. The van der Waals surface area contributed by atoms with Gasteiger partial charge < -0.3 is 5.32 Å². The normalized spacial score (nSPS) is 17.7. The molecule has 0 unspecified atom stereocenters. The van der Waals surface area contributed by atoms with Gasteiger partial charge in [0.05, 0.1) is 17.8 Å². The fraction of sp³-hybridized carbons (Fsp3) is 0.263. The Morgan fingerprint density at radius 1 is 1.12 bits per heavy atom. The lowest BCUT2D eigenvalue weighted by atomic mass is 9.75. The van der Waals surface area contributed by atoms with E-state index < -0.39 is 0 Å². The van der Waals surface area contributed by atoms with Gasteiger partial charge in [-0.3, -0.25) is 9.48 Å². The maximum atomic E-state index is 12.9. The highest BCUT2D eigenvalue weighted by molar-refractivity contribution is 6.03. The van der Waals surface area contributed by atoms with Crippen LogP contribution in [0.3, 0.4) is 0 Å². The molecule has 1 aliphatic carbocycles. The van der Waals surface area contributed by atoms with Crippen LogP contribution in [0.15, 0.2) is 48.9 Å². The molecule has 2 aliphatic rings. The van der Waals surface area contributed by atoms with E-state index in [-0.39, 0.29) is 11.4 Å². The number of carbonyl (C=O) groups is 1. The van der Waals surface area contributed by atoms with Crippen molar-refractivity contribution in [3.8, 4) is 22.5 Å². The van der Waals surface area contributed by atoms with Crippen LogP contribution in [0.25, 0.3) is 22.5 Å². The van der Waals surface area contributed by atoms with Gasteiger partial charge in [0.15, 0.2) is 0 Å². The summed E-state index contributed by atoms with van der Waals surface area (Å²) in [5.41, 5.74) is 3.77. The van der Waals surface area contributed by atoms with Gasteiger partial charge in [0.2, 0.25) is 0 Å². The highest BCUT2D eigenvalue weighted by atomic mass is 16.2. The fourth-order valence-corrected chi connectivity index (χ4v) is 3.81. The molecular formula is C19H17N5O. The molecule has 124 valence electrons. The Morgan fingerprint density at radius 3 is 2.64 bits per heavy atom. The molecule has 6 heteroatoms. The number of aromatic nitrogens is 4. The maximum Gasteiger partial charge on any atom is 0.270 e. The van der Waals surface area contributed by atoms with Crippen molar-refractivity contribution in [1.29, 1.82) is 0 Å². The SMILES string of the molecule is O=C1NC2(CCC2)Cn2nc(-c3ccncn3)c(-c3ccccc3)c21. The quantitative estimate of drug-likeness (QED) is 0.783. The number of hydrogen-bond donors (Lipinski definition) is 1. The molecule has 3 heterocycles. The van der Waals surface area contributed by atoms with Crippen LogP contribution >= 0.6 is 0 Å².